The van der Waals surface area contributed by atoms with Crippen molar-refractivity contribution in [3.63, 3.8) is 0 Å². The van der Waals surface area contributed by atoms with Gasteiger partial charge < -0.3 is 10.6 Å². The van der Waals surface area contributed by atoms with Crippen LogP contribution < -0.4 is 10.6 Å². The number of carbonyl (C=O) groups is 1. The Balaban J connectivity index is 1.87. The summed E-state index contributed by atoms with van der Waals surface area (Å²) >= 11 is 8.67. The Morgan fingerprint density at radius 3 is 2.77 bits per heavy atom. The van der Waals surface area contributed by atoms with Gasteiger partial charge in [0.2, 0.25) is 11.0 Å². The average Bonchev–Trinajstić information content (AvgIpc) is 2.95. The maximum absolute atomic E-state index is 12.2. The number of hydrogen-bond donors (Lipinski definition) is 2. The fourth-order valence-electron chi connectivity index (χ4n) is 1.54. The predicted molar refractivity (Wildman–Crippen MR) is 94.1 cm³/mol. The van der Waals surface area contributed by atoms with Crippen LogP contribution in [0.15, 0.2) is 28.6 Å². The molecule has 1 aromatic carbocycles. The number of halogens is 1. The van der Waals surface area contributed by atoms with Crippen LogP contribution in [0.5, 0.6) is 0 Å². The summed E-state index contributed by atoms with van der Waals surface area (Å²) in [4.78, 5) is 12.2. The minimum absolute atomic E-state index is 0.0782. The van der Waals surface area contributed by atoms with Crippen molar-refractivity contribution in [2.75, 3.05) is 17.2 Å². The summed E-state index contributed by atoms with van der Waals surface area (Å²) in [5.41, 5.74) is 0.726. The summed E-state index contributed by atoms with van der Waals surface area (Å²) in [6.45, 7) is 4.80. The molecular weight excluding hydrogens is 340 g/mol. The van der Waals surface area contributed by atoms with Crippen molar-refractivity contribution in [2.45, 2.75) is 29.9 Å². The van der Waals surface area contributed by atoms with E-state index in [1.54, 1.807) is 24.3 Å². The van der Waals surface area contributed by atoms with Gasteiger partial charge in [0.15, 0.2) is 4.34 Å². The van der Waals surface area contributed by atoms with E-state index in [-0.39, 0.29) is 11.2 Å². The maximum Gasteiger partial charge on any atom is 0.237 e. The number of nitrogens with zero attached hydrogens (tertiary/aromatic N) is 2. The SMILES string of the molecule is CCCNc1nnc(SC(C)C(=O)Nc2ccc(Cl)cc2)s1. The molecule has 0 saturated carbocycles. The van der Waals surface area contributed by atoms with Crippen LogP contribution in [0.4, 0.5) is 10.8 Å². The van der Waals surface area contributed by atoms with E-state index in [4.69, 9.17) is 11.6 Å². The highest BCUT2D eigenvalue weighted by molar-refractivity contribution is 8.02. The second-order valence-electron chi connectivity index (χ2n) is 4.56. The first-order valence-electron chi connectivity index (χ1n) is 6.89. The van der Waals surface area contributed by atoms with Crippen LogP contribution in [0, 0.1) is 0 Å². The van der Waals surface area contributed by atoms with E-state index in [9.17, 15) is 4.79 Å². The van der Waals surface area contributed by atoms with Crippen LogP contribution in [0.3, 0.4) is 0 Å². The fourth-order valence-corrected chi connectivity index (χ4v) is 3.59. The standard InChI is InChI=1S/C14H17ClN4OS2/c1-3-8-16-13-18-19-14(22-13)21-9(2)12(20)17-11-6-4-10(15)5-7-11/h4-7,9H,3,8H2,1-2H3,(H,16,18)(H,17,20). The fraction of sp³-hybridized carbons (Fsp3) is 0.357. The molecule has 2 aromatic rings. The molecule has 5 nitrogen and oxygen atoms in total. The topological polar surface area (TPSA) is 66.9 Å². The third kappa shape index (κ3) is 5.15. The molecule has 2 rings (SSSR count). The number of nitrogens with one attached hydrogen (secondary N) is 2. The molecule has 1 amide bonds. The first-order valence-corrected chi connectivity index (χ1v) is 8.96. The lowest BCUT2D eigenvalue weighted by atomic mass is 10.3. The zero-order valence-electron chi connectivity index (χ0n) is 12.3. The van der Waals surface area contributed by atoms with E-state index >= 15 is 0 Å². The third-order valence-electron chi connectivity index (χ3n) is 2.69. The zero-order valence-corrected chi connectivity index (χ0v) is 14.7. The number of rotatable bonds is 7. The molecule has 0 bridgehead atoms. The summed E-state index contributed by atoms with van der Waals surface area (Å²) in [6, 6.07) is 7.03. The van der Waals surface area contributed by atoms with E-state index in [0.29, 0.717) is 5.02 Å². The highest BCUT2D eigenvalue weighted by Crippen LogP contribution is 2.29. The van der Waals surface area contributed by atoms with E-state index in [1.807, 2.05) is 6.92 Å². The second kappa shape index (κ2) is 8.36. The largest absolute Gasteiger partial charge is 0.360 e. The van der Waals surface area contributed by atoms with Crippen LogP contribution >= 0.6 is 34.7 Å². The van der Waals surface area contributed by atoms with Crippen molar-refractivity contribution in [3.05, 3.63) is 29.3 Å². The minimum atomic E-state index is -0.261. The number of amides is 1. The summed E-state index contributed by atoms with van der Waals surface area (Å²) < 4.78 is 0.775. The lowest BCUT2D eigenvalue weighted by molar-refractivity contribution is -0.115. The van der Waals surface area contributed by atoms with Crippen molar-refractivity contribution < 1.29 is 4.79 Å². The first-order chi connectivity index (χ1) is 10.6. The van der Waals surface area contributed by atoms with Gasteiger partial charge in [-0.2, -0.15) is 0 Å². The zero-order chi connectivity index (χ0) is 15.9. The molecule has 0 aliphatic carbocycles. The van der Waals surface area contributed by atoms with Crippen molar-refractivity contribution in [1.82, 2.24) is 10.2 Å². The molecule has 0 saturated heterocycles. The molecule has 1 unspecified atom stereocenters. The Kier molecular flexibility index (Phi) is 6.48. The highest BCUT2D eigenvalue weighted by atomic mass is 35.5. The van der Waals surface area contributed by atoms with E-state index < -0.39 is 0 Å². The Labute approximate surface area is 142 Å². The lowest BCUT2D eigenvalue weighted by Crippen LogP contribution is -2.22. The smallest absolute Gasteiger partial charge is 0.237 e. The van der Waals surface area contributed by atoms with Gasteiger partial charge in [0, 0.05) is 17.3 Å². The third-order valence-corrected chi connectivity index (χ3v) is 5.01. The van der Waals surface area contributed by atoms with Gasteiger partial charge in [0.25, 0.3) is 0 Å². The molecule has 1 aromatic heterocycles. The van der Waals surface area contributed by atoms with Crippen LogP contribution in [-0.2, 0) is 4.79 Å². The molecule has 0 aliphatic rings. The molecule has 1 atom stereocenters. The summed E-state index contributed by atoms with van der Waals surface area (Å²) in [7, 11) is 0. The minimum Gasteiger partial charge on any atom is -0.360 e. The number of benzene rings is 1. The second-order valence-corrected chi connectivity index (χ2v) is 7.56. The normalized spacial score (nSPS) is 12.0. The Hall–Kier alpha value is -1.31. The molecule has 8 heteroatoms. The summed E-state index contributed by atoms with van der Waals surface area (Å²) in [5, 5.41) is 15.3. The van der Waals surface area contributed by atoms with Gasteiger partial charge in [-0.3, -0.25) is 4.79 Å². The number of hydrogen-bond acceptors (Lipinski definition) is 6. The number of aromatic nitrogens is 2. The molecule has 2 N–H and O–H groups in total. The maximum atomic E-state index is 12.2. The Bertz CT molecular complexity index is 618. The van der Waals surface area contributed by atoms with Crippen LogP contribution in [-0.4, -0.2) is 27.9 Å². The molecular formula is C14H17ClN4OS2. The molecule has 0 fully saturated rings. The van der Waals surface area contributed by atoms with Crippen LogP contribution in [0.1, 0.15) is 20.3 Å². The molecule has 22 heavy (non-hydrogen) atoms. The predicted octanol–water partition coefficient (Wildman–Crippen LogP) is 4.13. The van der Waals surface area contributed by atoms with Gasteiger partial charge in [0.1, 0.15) is 0 Å². The van der Waals surface area contributed by atoms with Gasteiger partial charge >= 0.3 is 0 Å². The van der Waals surface area contributed by atoms with Crippen LogP contribution in [0.25, 0.3) is 0 Å². The average molecular weight is 357 g/mol. The Morgan fingerprint density at radius 2 is 2.09 bits per heavy atom. The van der Waals surface area contributed by atoms with Gasteiger partial charge in [0.05, 0.1) is 5.25 Å². The lowest BCUT2D eigenvalue weighted by Gasteiger charge is -2.10. The van der Waals surface area contributed by atoms with E-state index in [0.717, 1.165) is 28.1 Å². The summed E-state index contributed by atoms with van der Waals surface area (Å²) in [6.07, 6.45) is 1.03. The van der Waals surface area contributed by atoms with Crippen molar-refractivity contribution >= 4 is 51.4 Å². The molecule has 0 aliphatic heterocycles. The van der Waals surface area contributed by atoms with Crippen molar-refractivity contribution in [1.29, 1.82) is 0 Å². The van der Waals surface area contributed by atoms with Gasteiger partial charge in [-0.25, -0.2) is 0 Å². The number of thioether (sulfide) groups is 1. The quantitative estimate of drug-likeness (QED) is 0.730. The molecule has 1 heterocycles. The van der Waals surface area contributed by atoms with Crippen LogP contribution in [0.2, 0.25) is 5.02 Å². The number of anilines is 2. The molecule has 0 radical (unpaired) electrons. The van der Waals surface area contributed by atoms with Gasteiger partial charge in [-0.15, -0.1) is 10.2 Å². The van der Waals surface area contributed by atoms with Gasteiger partial charge in [-0.1, -0.05) is 41.6 Å². The van der Waals surface area contributed by atoms with E-state index in [2.05, 4.69) is 27.8 Å². The van der Waals surface area contributed by atoms with E-state index in [1.165, 1.54) is 23.1 Å². The van der Waals surface area contributed by atoms with Crippen molar-refractivity contribution in [2.24, 2.45) is 0 Å². The summed E-state index contributed by atoms with van der Waals surface area (Å²) in [5.74, 6) is -0.0782. The Morgan fingerprint density at radius 1 is 1.36 bits per heavy atom. The monoisotopic (exact) mass is 356 g/mol. The molecule has 118 valence electrons. The van der Waals surface area contributed by atoms with Crippen molar-refractivity contribution in [3.8, 4) is 0 Å². The molecule has 0 spiro atoms. The highest BCUT2D eigenvalue weighted by Gasteiger charge is 2.17. The first kappa shape index (κ1) is 17.1. The van der Waals surface area contributed by atoms with Gasteiger partial charge in [-0.05, 0) is 37.6 Å². The number of carbonyl (C=O) groups excluding carboxylic acids is 1.